The summed E-state index contributed by atoms with van der Waals surface area (Å²) in [6.07, 6.45) is 1.65. The van der Waals surface area contributed by atoms with Gasteiger partial charge in [0.25, 0.3) is 5.91 Å². The molecule has 1 heterocycles. The highest BCUT2D eigenvalue weighted by Gasteiger charge is 2.28. The van der Waals surface area contributed by atoms with Crippen LogP contribution in [-0.4, -0.2) is 29.4 Å². The molecule has 1 aromatic carbocycles. The first kappa shape index (κ1) is 13.7. The number of rotatable bonds is 1. The van der Waals surface area contributed by atoms with Crippen LogP contribution in [0.4, 0.5) is 0 Å². The molecule has 1 aliphatic rings. The maximum atomic E-state index is 12.4. The quantitative estimate of drug-likeness (QED) is 0.863. The predicted octanol–water partition coefficient (Wildman–Crippen LogP) is 2.95. The number of hydrogen-bond donors (Lipinski definition) is 1. The van der Waals surface area contributed by atoms with Crippen LogP contribution in [0.3, 0.4) is 0 Å². The lowest BCUT2D eigenvalue weighted by Crippen LogP contribution is -2.48. The van der Waals surface area contributed by atoms with Crippen molar-refractivity contribution in [3.05, 3.63) is 33.8 Å². The van der Waals surface area contributed by atoms with Crippen molar-refractivity contribution in [3.63, 3.8) is 0 Å². The van der Waals surface area contributed by atoms with Gasteiger partial charge in [-0.2, -0.15) is 0 Å². The van der Waals surface area contributed by atoms with E-state index in [2.05, 4.69) is 0 Å². The van der Waals surface area contributed by atoms with Crippen LogP contribution in [0.15, 0.2) is 18.2 Å². The molecule has 1 saturated heterocycles. The third kappa shape index (κ3) is 2.79. The van der Waals surface area contributed by atoms with Gasteiger partial charge < -0.3 is 10.6 Å². The van der Waals surface area contributed by atoms with Crippen molar-refractivity contribution in [1.29, 1.82) is 0 Å². The summed E-state index contributed by atoms with van der Waals surface area (Å²) in [5.41, 5.74) is 6.36. The first-order valence-electron chi connectivity index (χ1n) is 6.00. The highest BCUT2D eigenvalue weighted by molar-refractivity contribution is 6.35. The molecule has 98 valence electrons. The average Bonchev–Trinajstić information content (AvgIpc) is 2.31. The Morgan fingerprint density at radius 2 is 2.17 bits per heavy atom. The Kier molecular flexibility index (Phi) is 4.15. The van der Waals surface area contributed by atoms with E-state index in [1.807, 2.05) is 11.8 Å². The van der Waals surface area contributed by atoms with Crippen LogP contribution < -0.4 is 5.73 Å². The van der Waals surface area contributed by atoms with Crippen LogP contribution in [-0.2, 0) is 0 Å². The first-order chi connectivity index (χ1) is 8.49. The van der Waals surface area contributed by atoms with Gasteiger partial charge in [0, 0.05) is 23.7 Å². The molecule has 2 unspecified atom stereocenters. The van der Waals surface area contributed by atoms with Gasteiger partial charge in [-0.25, -0.2) is 0 Å². The highest BCUT2D eigenvalue weighted by atomic mass is 35.5. The van der Waals surface area contributed by atoms with E-state index < -0.39 is 0 Å². The van der Waals surface area contributed by atoms with Gasteiger partial charge in [0.2, 0.25) is 0 Å². The first-order valence-corrected chi connectivity index (χ1v) is 6.76. The zero-order chi connectivity index (χ0) is 13.3. The number of benzene rings is 1. The van der Waals surface area contributed by atoms with Gasteiger partial charge in [0.15, 0.2) is 0 Å². The fraction of sp³-hybridized carbons (Fsp3) is 0.462. The van der Waals surface area contributed by atoms with E-state index in [9.17, 15) is 4.79 Å². The Balaban J connectivity index is 2.23. The molecule has 0 bridgehead atoms. The monoisotopic (exact) mass is 286 g/mol. The summed E-state index contributed by atoms with van der Waals surface area (Å²) in [6, 6.07) is 5.26. The lowest BCUT2D eigenvalue weighted by molar-refractivity contribution is 0.0619. The molecular weight excluding hydrogens is 271 g/mol. The van der Waals surface area contributed by atoms with Gasteiger partial charge in [0.05, 0.1) is 10.6 Å². The molecule has 0 saturated carbocycles. The number of nitrogens with zero attached hydrogens (tertiary/aromatic N) is 1. The third-order valence-corrected chi connectivity index (χ3v) is 3.90. The number of likely N-dealkylation sites (tertiary alicyclic amines) is 1. The molecule has 1 aromatic rings. The van der Waals surface area contributed by atoms with Crippen LogP contribution in [0.5, 0.6) is 0 Å². The molecule has 1 fully saturated rings. The van der Waals surface area contributed by atoms with Crippen LogP contribution in [0.2, 0.25) is 10.0 Å². The van der Waals surface area contributed by atoms with Gasteiger partial charge >= 0.3 is 0 Å². The zero-order valence-corrected chi connectivity index (χ0v) is 11.7. The van der Waals surface area contributed by atoms with Gasteiger partial charge in [-0.3, -0.25) is 4.79 Å². The van der Waals surface area contributed by atoms with Crippen LogP contribution in [0.25, 0.3) is 0 Å². The Labute approximate surface area is 117 Å². The molecule has 18 heavy (non-hydrogen) atoms. The minimum absolute atomic E-state index is 0.0677. The van der Waals surface area contributed by atoms with Gasteiger partial charge in [0.1, 0.15) is 0 Å². The molecule has 2 atom stereocenters. The Hall–Kier alpha value is -0.770. The minimum atomic E-state index is -0.0677. The Morgan fingerprint density at radius 1 is 1.44 bits per heavy atom. The largest absolute Gasteiger partial charge is 0.336 e. The van der Waals surface area contributed by atoms with Gasteiger partial charge in [-0.15, -0.1) is 0 Å². The second kappa shape index (κ2) is 5.47. The van der Waals surface area contributed by atoms with Crippen LogP contribution in [0.1, 0.15) is 30.1 Å². The third-order valence-electron chi connectivity index (χ3n) is 3.34. The summed E-state index contributed by atoms with van der Waals surface area (Å²) < 4.78 is 0. The fourth-order valence-corrected chi connectivity index (χ4v) is 2.70. The van der Waals surface area contributed by atoms with E-state index in [-0.39, 0.29) is 18.0 Å². The SMILES string of the molecule is CC1CC(N)CCN1C(=O)c1cc(Cl)ccc1Cl. The molecule has 0 aliphatic carbocycles. The van der Waals surface area contributed by atoms with E-state index in [0.717, 1.165) is 12.8 Å². The number of nitrogens with two attached hydrogens (primary N) is 1. The van der Waals surface area contributed by atoms with Gasteiger partial charge in [-0.05, 0) is 38.0 Å². The number of carbonyl (C=O) groups excluding carboxylic acids is 1. The van der Waals surface area contributed by atoms with Crippen molar-refractivity contribution in [2.75, 3.05) is 6.54 Å². The van der Waals surface area contributed by atoms with Gasteiger partial charge in [-0.1, -0.05) is 23.2 Å². The molecule has 0 aromatic heterocycles. The molecule has 1 amide bonds. The van der Waals surface area contributed by atoms with Crippen molar-refractivity contribution in [1.82, 2.24) is 4.90 Å². The van der Waals surface area contributed by atoms with E-state index in [4.69, 9.17) is 28.9 Å². The summed E-state index contributed by atoms with van der Waals surface area (Å²) >= 11 is 12.0. The maximum Gasteiger partial charge on any atom is 0.255 e. The molecule has 3 nitrogen and oxygen atoms in total. The van der Waals surface area contributed by atoms with E-state index in [1.54, 1.807) is 18.2 Å². The van der Waals surface area contributed by atoms with E-state index >= 15 is 0 Å². The summed E-state index contributed by atoms with van der Waals surface area (Å²) in [7, 11) is 0. The standard InChI is InChI=1S/C13H16Cl2N2O/c1-8-6-10(16)4-5-17(8)13(18)11-7-9(14)2-3-12(11)15/h2-3,7-8,10H,4-6,16H2,1H3. The molecule has 0 radical (unpaired) electrons. The number of hydrogen-bond acceptors (Lipinski definition) is 2. The molecular formula is C13H16Cl2N2O. The summed E-state index contributed by atoms with van der Waals surface area (Å²) in [5.74, 6) is -0.0677. The van der Waals surface area contributed by atoms with Crippen LogP contribution >= 0.6 is 23.2 Å². The average molecular weight is 287 g/mol. The van der Waals surface area contributed by atoms with Crippen molar-refractivity contribution >= 4 is 29.1 Å². The number of amides is 1. The van der Waals surface area contributed by atoms with Crippen LogP contribution in [0, 0.1) is 0 Å². The molecule has 2 rings (SSSR count). The fourth-order valence-electron chi connectivity index (χ4n) is 2.33. The number of carbonyl (C=O) groups is 1. The second-order valence-electron chi connectivity index (χ2n) is 4.76. The maximum absolute atomic E-state index is 12.4. The normalized spacial score (nSPS) is 24.1. The lowest BCUT2D eigenvalue weighted by atomic mass is 9.98. The topological polar surface area (TPSA) is 46.3 Å². The van der Waals surface area contributed by atoms with Crippen molar-refractivity contribution in [3.8, 4) is 0 Å². The summed E-state index contributed by atoms with van der Waals surface area (Å²) in [5, 5.41) is 0.954. The molecule has 2 N–H and O–H groups in total. The number of piperidine rings is 1. The van der Waals surface area contributed by atoms with Crippen molar-refractivity contribution < 1.29 is 4.79 Å². The summed E-state index contributed by atoms with van der Waals surface area (Å²) in [6.45, 7) is 2.68. The lowest BCUT2D eigenvalue weighted by Gasteiger charge is -2.36. The Bertz CT molecular complexity index is 464. The zero-order valence-electron chi connectivity index (χ0n) is 10.2. The Morgan fingerprint density at radius 3 is 2.83 bits per heavy atom. The number of halogens is 2. The molecule has 0 spiro atoms. The molecule has 1 aliphatic heterocycles. The minimum Gasteiger partial charge on any atom is -0.336 e. The predicted molar refractivity (Wildman–Crippen MR) is 74.2 cm³/mol. The summed E-state index contributed by atoms with van der Waals surface area (Å²) in [4.78, 5) is 14.3. The highest BCUT2D eigenvalue weighted by Crippen LogP contribution is 2.25. The smallest absolute Gasteiger partial charge is 0.255 e. The van der Waals surface area contributed by atoms with Crippen molar-refractivity contribution in [2.45, 2.75) is 31.8 Å². The van der Waals surface area contributed by atoms with E-state index in [1.165, 1.54) is 0 Å². The van der Waals surface area contributed by atoms with Crippen molar-refractivity contribution in [2.24, 2.45) is 5.73 Å². The van der Waals surface area contributed by atoms with E-state index in [0.29, 0.717) is 22.2 Å². The second-order valence-corrected chi connectivity index (χ2v) is 5.60. The molecule has 5 heteroatoms.